The van der Waals surface area contributed by atoms with Crippen LogP contribution >= 0.6 is 22.7 Å². The first-order valence-corrected chi connectivity index (χ1v) is 13.5. The van der Waals surface area contributed by atoms with Gasteiger partial charge in [0.2, 0.25) is 16.0 Å². The molecule has 0 fully saturated rings. The van der Waals surface area contributed by atoms with Crippen molar-refractivity contribution in [3.05, 3.63) is 52.2 Å². The Morgan fingerprint density at radius 2 is 1.89 bits per heavy atom. The monoisotopic (exact) mass is 510 g/mol. The van der Waals surface area contributed by atoms with Crippen LogP contribution in [-0.2, 0) is 4.79 Å². The average Bonchev–Trinajstić information content (AvgIpc) is 3.49. The van der Waals surface area contributed by atoms with Crippen LogP contribution in [0.15, 0.2) is 41.8 Å². The molecule has 9 heteroatoms. The number of carbonyl (C=O) groups excluding carboxylic acids is 1. The lowest BCUT2D eigenvalue weighted by molar-refractivity contribution is -0.120. The number of amides is 1. The van der Waals surface area contributed by atoms with E-state index in [9.17, 15) is 4.79 Å². The topological polar surface area (TPSA) is 74.6 Å². The van der Waals surface area contributed by atoms with Gasteiger partial charge in [-0.25, -0.2) is 4.98 Å². The van der Waals surface area contributed by atoms with Crippen molar-refractivity contribution >= 4 is 44.5 Å². The van der Waals surface area contributed by atoms with Gasteiger partial charge in [-0.1, -0.05) is 61.1 Å². The number of nitrogens with zero attached hydrogens (tertiary/aromatic N) is 4. The second-order valence-electron chi connectivity index (χ2n) is 10.3. The summed E-state index contributed by atoms with van der Waals surface area (Å²) in [7, 11) is 1.89. The molecule has 1 aromatic carbocycles. The fourth-order valence-electron chi connectivity index (χ4n) is 3.81. The molecule has 0 spiro atoms. The Morgan fingerprint density at radius 3 is 2.49 bits per heavy atom. The Balaban J connectivity index is 1.58. The molecule has 1 unspecified atom stereocenters. The maximum absolute atomic E-state index is 12.9. The molecule has 7 nitrogen and oxygen atoms in total. The molecule has 4 rings (SSSR count). The normalized spacial score (nSPS) is 12.8. The highest BCUT2D eigenvalue weighted by Crippen LogP contribution is 2.34. The number of nitrogens with one attached hydrogen (secondary N) is 2. The Kier molecular flexibility index (Phi) is 7.19. The number of anilines is 2. The number of likely N-dealkylation sites (N-methyl/N-ethyl adjacent to an activating group) is 1. The molecule has 0 bridgehead atoms. The lowest BCUT2D eigenvalue weighted by Gasteiger charge is -2.23. The zero-order chi connectivity index (χ0) is 25.3. The van der Waals surface area contributed by atoms with Gasteiger partial charge in [0, 0.05) is 23.0 Å². The van der Waals surface area contributed by atoms with Crippen LogP contribution in [0.1, 0.15) is 51.1 Å². The number of rotatable bonds is 8. The number of imidazole rings is 1. The van der Waals surface area contributed by atoms with E-state index in [1.165, 1.54) is 21.8 Å². The van der Waals surface area contributed by atoms with Crippen LogP contribution in [-0.4, -0.2) is 39.6 Å². The quantitative estimate of drug-likeness (QED) is 0.305. The van der Waals surface area contributed by atoms with Crippen molar-refractivity contribution in [1.82, 2.24) is 19.9 Å². The largest absolute Gasteiger partial charge is 0.364 e. The van der Waals surface area contributed by atoms with Gasteiger partial charge in [-0.3, -0.25) is 4.79 Å². The third kappa shape index (κ3) is 5.85. The van der Waals surface area contributed by atoms with Gasteiger partial charge < -0.3 is 15.5 Å². The van der Waals surface area contributed by atoms with Crippen molar-refractivity contribution in [2.24, 2.45) is 5.92 Å². The van der Waals surface area contributed by atoms with Crippen molar-refractivity contribution in [2.75, 3.05) is 23.8 Å². The molecule has 0 saturated carbocycles. The van der Waals surface area contributed by atoms with Crippen molar-refractivity contribution < 1.29 is 4.79 Å². The van der Waals surface area contributed by atoms with Crippen molar-refractivity contribution in [3.63, 3.8) is 0 Å². The Bertz CT molecular complexity index is 1280. The molecule has 0 radical (unpaired) electrons. The summed E-state index contributed by atoms with van der Waals surface area (Å²) in [6, 6.07) is 12.5. The number of thiophene rings is 1. The SMILES string of the molecule is Cc1ccc(-c2nc3sc(N(C)CC(=O)NC(c4cccs4)C(C)C)nn3c2NC(C)(C)C)cc1. The van der Waals surface area contributed by atoms with E-state index in [0.29, 0.717) is 5.92 Å². The number of aryl methyl sites for hydroxylation is 1. The number of benzene rings is 1. The molecule has 4 aromatic rings. The summed E-state index contributed by atoms with van der Waals surface area (Å²) >= 11 is 3.15. The van der Waals surface area contributed by atoms with Gasteiger partial charge in [-0.15, -0.1) is 16.4 Å². The summed E-state index contributed by atoms with van der Waals surface area (Å²) in [5, 5.41) is 14.4. The number of hydrogen-bond acceptors (Lipinski definition) is 7. The van der Waals surface area contributed by atoms with E-state index in [1.807, 2.05) is 27.9 Å². The van der Waals surface area contributed by atoms with E-state index in [0.717, 1.165) is 27.2 Å². The van der Waals surface area contributed by atoms with E-state index >= 15 is 0 Å². The van der Waals surface area contributed by atoms with Crippen molar-refractivity contribution in [1.29, 1.82) is 0 Å². The molecule has 0 aliphatic heterocycles. The zero-order valence-electron chi connectivity index (χ0n) is 21.4. The number of fused-ring (bicyclic) bond motifs is 1. The Labute approximate surface area is 215 Å². The first-order valence-electron chi connectivity index (χ1n) is 11.8. The third-order valence-corrected chi connectivity index (χ3v) is 7.53. The van der Waals surface area contributed by atoms with Gasteiger partial charge in [-0.05, 0) is 45.1 Å². The van der Waals surface area contributed by atoms with Crippen molar-refractivity contribution in [2.45, 2.75) is 53.1 Å². The minimum absolute atomic E-state index is 0.00386. The third-order valence-electron chi connectivity index (χ3n) is 5.55. The molecule has 3 aromatic heterocycles. The summed E-state index contributed by atoms with van der Waals surface area (Å²) in [5.74, 6) is 1.13. The van der Waals surface area contributed by atoms with Gasteiger partial charge in [-0.2, -0.15) is 4.52 Å². The summed E-state index contributed by atoms with van der Waals surface area (Å²) in [6.45, 7) is 12.9. The lowest BCUT2D eigenvalue weighted by atomic mass is 10.0. The number of aromatic nitrogens is 3. The molecule has 0 aliphatic rings. The molecule has 0 saturated heterocycles. The Hall–Kier alpha value is -2.91. The summed E-state index contributed by atoms with van der Waals surface area (Å²) in [4.78, 5) is 21.7. The van der Waals surface area contributed by atoms with Gasteiger partial charge in [0.1, 0.15) is 5.69 Å². The van der Waals surface area contributed by atoms with Crippen LogP contribution in [0.3, 0.4) is 0 Å². The first kappa shape index (κ1) is 25.2. The molecule has 1 atom stereocenters. The second kappa shape index (κ2) is 9.99. The van der Waals surface area contributed by atoms with Gasteiger partial charge in [0.15, 0.2) is 5.82 Å². The van der Waals surface area contributed by atoms with Crippen LogP contribution in [0.5, 0.6) is 0 Å². The van der Waals surface area contributed by atoms with E-state index < -0.39 is 0 Å². The van der Waals surface area contributed by atoms with Gasteiger partial charge >= 0.3 is 0 Å². The summed E-state index contributed by atoms with van der Waals surface area (Å²) in [5.41, 5.74) is 2.96. The van der Waals surface area contributed by atoms with E-state index in [4.69, 9.17) is 10.1 Å². The van der Waals surface area contributed by atoms with Gasteiger partial charge in [0.25, 0.3) is 0 Å². The highest BCUT2D eigenvalue weighted by atomic mass is 32.1. The molecule has 35 heavy (non-hydrogen) atoms. The maximum Gasteiger partial charge on any atom is 0.240 e. The standard InChI is InChI=1S/C26H34N6OS2/c1-16(2)21(19-9-8-14-34-19)27-20(33)15-31(7)25-30-32-23(29-26(4,5)6)22(28-24(32)35-25)18-12-10-17(3)11-13-18/h8-14,16,21,29H,15H2,1-7H3,(H,27,33). The van der Waals surface area contributed by atoms with Crippen LogP contribution in [0.4, 0.5) is 10.9 Å². The van der Waals surface area contributed by atoms with Gasteiger partial charge in [0.05, 0.1) is 12.6 Å². The maximum atomic E-state index is 12.9. The van der Waals surface area contributed by atoms with E-state index in [-0.39, 0.29) is 24.0 Å². The van der Waals surface area contributed by atoms with Crippen LogP contribution < -0.4 is 15.5 Å². The molecule has 0 aliphatic carbocycles. The molecule has 3 heterocycles. The fourth-order valence-corrected chi connectivity index (χ4v) is 5.62. The first-order chi connectivity index (χ1) is 16.5. The lowest BCUT2D eigenvalue weighted by Crippen LogP contribution is -2.38. The molecular weight excluding hydrogens is 476 g/mol. The minimum Gasteiger partial charge on any atom is -0.364 e. The molecule has 1 amide bonds. The minimum atomic E-state index is -0.168. The highest BCUT2D eigenvalue weighted by molar-refractivity contribution is 7.20. The predicted octanol–water partition coefficient (Wildman–Crippen LogP) is 5.99. The predicted molar refractivity (Wildman–Crippen MR) is 148 cm³/mol. The van der Waals surface area contributed by atoms with Crippen LogP contribution in [0.25, 0.3) is 16.2 Å². The Morgan fingerprint density at radius 1 is 1.17 bits per heavy atom. The van der Waals surface area contributed by atoms with Crippen LogP contribution in [0, 0.1) is 12.8 Å². The average molecular weight is 511 g/mol. The smallest absolute Gasteiger partial charge is 0.240 e. The fraction of sp³-hybridized carbons (Fsp3) is 0.423. The molecular formula is C26H34N6OS2. The second-order valence-corrected chi connectivity index (χ2v) is 12.2. The van der Waals surface area contributed by atoms with E-state index in [2.05, 4.69) is 82.5 Å². The number of carbonyl (C=O) groups is 1. The van der Waals surface area contributed by atoms with Crippen molar-refractivity contribution in [3.8, 4) is 11.3 Å². The molecule has 2 N–H and O–H groups in total. The molecule has 186 valence electrons. The van der Waals surface area contributed by atoms with E-state index in [1.54, 1.807) is 11.3 Å². The number of hydrogen-bond donors (Lipinski definition) is 2. The van der Waals surface area contributed by atoms with Crippen LogP contribution in [0.2, 0.25) is 0 Å². The summed E-state index contributed by atoms with van der Waals surface area (Å²) in [6.07, 6.45) is 0. The summed E-state index contributed by atoms with van der Waals surface area (Å²) < 4.78 is 1.86. The highest BCUT2D eigenvalue weighted by Gasteiger charge is 2.24. The zero-order valence-corrected chi connectivity index (χ0v) is 23.0.